The lowest BCUT2D eigenvalue weighted by Gasteiger charge is -2.11. The van der Waals surface area contributed by atoms with E-state index in [0.717, 1.165) is 0 Å². The van der Waals surface area contributed by atoms with Crippen molar-refractivity contribution >= 4 is 0 Å². The molecule has 5 N–H and O–H groups in total. The molecule has 0 heterocycles. The van der Waals surface area contributed by atoms with Gasteiger partial charge in [-0.3, -0.25) is 0 Å². The van der Waals surface area contributed by atoms with Crippen molar-refractivity contribution in [1.82, 2.24) is 5.48 Å². The Labute approximate surface area is 46.1 Å². The molecule has 50 valence electrons. The molecule has 0 aromatic rings. The molecule has 0 aliphatic carbocycles. The van der Waals surface area contributed by atoms with Gasteiger partial charge in [0, 0.05) is 0 Å². The Kier molecular flexibility index (Phi) is 3.67. The SMILES string of the molecule is OCC(O)C(O)NO. The van der Waals surface area contributed by atoms with Crippen LogP contribution in [0.15, 0.2) is 0 Å². The summed E-state index contributed by atoms with van der Waals surface area (Å²) >= 11 is 0. The maximum absolute atomic E-state index is 8.40. The van der Waals surface area contributed by atoms with Gasteiger partial charge in [0.1, 0.15) is 6.10 Å². The van der Waals surface area contributed by atoms with Gasteiger partial charge in [-0.1, -0.05) is 0 Å². The summed E-state index contributed by atoms with van der Waals surface area (Å²) in [6.45, 7) is -0.589. The molecule has 0 saturated carbocycles. The highest BCUT2D eigenvalue weighted by atomic mass is 16.5. The predicted octanol–water partition coefficient (Wildman–Crippen LogP) is -2.36. The van der Waals surface area contributed by atoms with E-state index in [1.54, 1.807) is 0 Å². The van der Waals surface area contributed by atoms with E-state index >= 15 is 0 Å². The molecule has 0 aromatic carbocycles. The largest absolute Gasteiger partial charge is 0.394 e. The normalized spacial score (nSPS) is 18.0. The summed E-state index contributed by atoms with van der Waals surface area (Å²) < 4.78 is 0. The van der Waals surface area contributed by atoms with Crippen LogP contribution in [-0.4, -0.2) is 39.5 Å². The van der Waals surface area contributed by atoms with Gasteiger partial charge in [0.05, 0.1) is 6.61 Å². The third kappa shape index (κ3) is 2.20. The Hall–Kier alpha value is -0.200. The molecule has 0 radical (unpaired) electrons. The molecule has 5 heteroatoms. The second kappa shape index (κ2) is 3.76. The number of hydrogen-bond acceptors (Lipinski definition) is 5. The minimum Gasteiger partial charge on any atom is -0.394 e. The van der Waals surface area contributed by atoms with Crippen LogP contribution in [0.1, 0.15) is 0 Å². The van der Waals surface area contributed by atoms with Crippen LogP contribution in [0.2, 0.25) is 0 Å². The fraction of sp³-hybridized carbons (Fsp3) is 1.00. The van der Waals surface area contributed by atoms with Gasteiger partial charge in [-0.15, -0.1) is 0 Å². The quantitative estimate of drug-likeness (QED) is 0.214. The number of rotatable bonds is 3. The molecule has 0 bridgehead atoms. The van der Waals surface area contributed by atoms with Gasteiger partial charge in [0.15, 0.2) is 6.23 Å². The van der Waals surface area contributed by atoms with Crippen molar-refractivity contribution in [1.29, 1.82) is 0 Å². The molecule has 5 nitrogen and oxygen atoms in total. The van der Waals surface area contributed by atoms with Gasteiger partial charge in [0.25, 0.3) is 0 Å². The van der Waals surface area contributed by atoms with Crippen LogP contribution in [0.3, 0.4) is 0 Å². The van der Waals surface area contributed by atoms with Crippen LogP contribution in [0.5, 0.6) is 0 Å². The van der Waals surface area contributed by atoms with E-state index in [0.29, 0.717) is 0 Å². The lowest BCUT2D eigenvalue weighted by molar-refractivity contribution is -0.0884. The number of hydrogen-bond donors (Lipinski definition) is 5. The molecule has 0 aromatic heterocycles. The van der Waals surface area contributed by atoms with Crippen molar-refractivity contribution in [2.24, 2.45) is 0 Å². The van der Waals surface area contributed by atoms with Crippen molar-refractivity contribution in [2.75, 3.05) is 6.61 Å². The summed E-state index contributed by atoms with van der Waals surface area (Å²) in [5.41, 5.74) is 1.36. The number of aliphatic hydroxyl groups is 3. The first-order valence-electron chi connectivity index (χ1n) is 2.09. The molecule has 8 heavy (non-hydrogen) atoms. The summed E-state index contributed by atoms with van der Waals surface area (Å²) in [6.07, 6.45) is -2.81. The fourth-order valence-electron chi connectivity index (χ4n) is 0.186. The van der Waals surface area contributed by atoms with E-state index < -0.39 is 18.9 Å². The highest BCUT2D eigenvalue weighted by Gasteiger charge is 2.11. The lowest BCUT2D eigenvalue weighted by Crippen LogP contribution is -2.39. The number of nitrogens with one attached hydrogen (secondary N) is 1. The average Bonchev–Trinajstić information content (AvgIpc) is 1.84. The van der Waals surface area contributed by atoms with Crippen LogP contribution >= 0.6 is 0 Å². The lowest BCUT2D eigenvalue weighted by atomic mass is 10.3. The molecule has 0 spiro atoms. The Bertz CT molecular complexity index is 51.2. The van der Waals surface area contributed by atoms with Crippen LogP contribution in [-0.2, 0) is 0 Å². The van der Waals surface area contributed by atoms with Crippen LogP contribution in [0, 0.1) is 0 Å². The summed E-state index contributed by atoms with van der Waals surface area (Å²) in [5, 5.41) is 32.7. The first kappa shape index (κ1) is 7.80. The Morgan fingerprint density at radius 1 is 1.38 bits per heavy atom. The molecular weight excluding hydrogens is 114 g/mol. The molecule has 0 amide bonds. The molecule has 2 unspecified atom stereocenters. The van der Waals surface area contributed by atoms with Gasteiger partial charge in [-0.2, -0.15) is 5.48 Å². The number of aliphatic hydroxyl groups excluding tert-OH is 3. The molecule has 0 fully saturated rings. The number of hydroxylamine groups is 1. The minimum atomic E-state index is -1.47. The zero-order valence-electron chi connectivity index (χ0n) is 4.15. The maximum Gasteiger partial charge on any atom is 0.154 e. The average molecular weight is 123 g/mol. The van der Waals surface area contributed by atoms with E-state index in [2.05, 4.69) is 0 Å². The van der Waals surface area contributed by atoms with Crippen molar-refractivity contribution < 1.29 is 20.5 Å². The zero-order chi connectivity index (χ0) is 6.57. The molecule has 0 saturated heterocycles. The maximum atomic E-state index is 8.40. The van der Waals surface area contributed by atoms with Gasteiger partial charge < -0.3 is 20.5 Å². The molecular formula is C3H9NO4. The standard InChI is InChI=1S/C3H9NO4/c5-1-2(6)3(7)4-8/h2-8H,1H2. The third-order valence-electron chi connectivity index (χ3n) is 0.684. The van der Waals surface area contributed by atoms with Gasteiger partial charge in [-0.05, 0) is 0 Å². The highest BCUT2D eigenvalue weighted by molar-refractivity contribution is 4.56. The smallest absolute Gasteiger partial charge is 0.154 e. The van der Waals surface area contributed by atoms with E-state index in [-0.39, 0.29) is 0 Å². The summed E-state index contributed by atoms with van der Waals surface area (Å²) in [7, 11) is 0. The van der Waals surface area contributed by atoms with E-state index in [1.165, 1.54) is 5.48 Å². The first-order valence-corrected chi connectivity index (χ1v) is 2.09. The van der Waals surface area contributed by atoms with Crippen molar-refractivity contribution in [3.05, 3.63) is 0 Å². The van der Waals surface area contributed by atoms with Crippen molar-refractivity contribution in [3.63, 3.8) is 0 Å². The summed E-state index contributed by atoms with van der Waals surface area (Å²) in [4.78, 5) is 0. The van der Waals surface area contributed by atoms with Crippen LogP contribution < -0.4 is 5.48 Å². The van der Waals surface area contributed by atoms with Gasteiger partial charge in [-0.25, -0.2) is 0 Å². The molecule has 0 rings (SSSR count). The van der Waals surface area contributed by atoms with E-state index in [1.807, 2.05) is 0 Å². The molecule has 2 atom stereocenters. The summed E-state index contributed by atoms with van der Waals surface area (Å²) in [6, 6.07) is 0. The second-order valence-corrected chi connectivity index (χ2v) is 1.32. The van der Waals surface area contributed by atoms with Crippen LogP contribution in [0.4, 0.5) is 0 Å². The summed E-state index contributed by atoms with van der Waals surface area (Å²) in [5.74, 6) is 0. The van der Waals surface area contributed by atoms with E-state index in [4.69, 9.17) is 20.5 Å². The van der Waals surface area contributed by atoms with Gasteiger partial charge in [0.2, 0.25) is 0 Å². The Morgan fingerprint density at radius 3 is 2.00 bits per heavy atom. The Balaban J connectivity index is 3.29. The third-order valence-corrected chi connectivity index (χ3v) is 0.684. The van der Waals surface area contributed by atoms with Crippen molar-refractivity contribution in [2.45, 2.75) is 12.3 Å². The van der Waals surface area contributed by atoms with Crippen molar-refractivity contribution in [3.8, 4) is 0 Å². The fourth-order valence-corrected chi connectivity index (χ4v) is 0.186. The topological polar surface area (TPSA) is 93.0 Å². The Morgan fingerprint density at radius 2 is 1.88 bits per heavy atom. The minimum absolute atomic E-state index is 0.589. The monoisotopic (exact) mass is 123 g/mol. The van der Waals surface area contributed by atoms with Crippen LogP contribution in [0.25, 0.3) is 0 Å². The second-order valence-electron chi connectivity index (χ2n) is 1.32. The first-order chi connectivity index (χ1) is 3.72. The zero-order valence-corrected chi connectivity index (χ0v) is 4.15. The van der Waals surface area contributed by atoms with E-state index in [9.17, 15) is 0 Å². The molecule has 0 aliphatic heterocycles. The highest BCUT2D eigenvalue weighted by Crippen LogP contribution is 1.83. The van der Waals surface area contributed by atoms with Gasteiger partial charge >= 0.3 is 0 Å². The predicted molar refractivity (Wildman–Crippen MR) is 24.0 cm³/mol. The molecule has 0 aliphatic rings.